The van der Waals surface area contributed by atoms with Crippen molar-refractivity contribution < 1.29 is 9.72 Å². The Morgan fingerprint density at radius 2 is 1.84 bits per heavy atom. The van der Waals surface area contributed by atoms with E-state index in [9.17, 15) is 14.9 Å². The van der Waals surface area contributed by atoms with Crippen LogP contribution in [-0.2, 0) is 0 Å². The van der Waals surface area contributed by atoms with Crippen LogP contribution in [0.3, 0.4) is 0 Å². The zero-order valence-electron chi connectivity index (χ0n) is 15.7. The summed E-state index contributed by atoms with van der Waals surface area (Å²) >= 11 is 3.36. The van der Waals surface area contributed by atoms with E-state index in [1.807, 2.05) is 6.07 Å². The van der Waals surface area contributed by atoms with Crippen LogP contribution in [0.1, 0.15) is 0 Å². The molecule has 0 aliphatic carbocycles. The Bertz CT molecular complexity index is 1260. The lowest BCUT2D eigenvalue weighted by Crippen LogP contribution is -2.20. The molecule has 154 valence electrons. The Labute approximate surface area is 184 Å². The van der Waals surface area contributed by atoms with Gasteiger partial charge in [-0.1, -0.05) is 46.3 Å². The number of H-pyrrole nitrogens is 1. The van der Waals surface area contributed by atoms with E-state index >= 15 is 0 Å². The fourth-order valence-electron chi connectivity index (χ4n) is 3.04. The third kappa shape index (κ3) is 4.56. The first-order chi connectivity index (χ1) is 15.0. The summed E-state index contributed by atoms with van der Waals surface area (Å²) in [5.74, 6) is 0.236. The van der Waals surface area contributed by atoms with Crippen LogP contribution >= 0.6 is 15.9 Å². The molecule has 1 heterocycles. The summed E-state index contributed by atoms with van der Waals surface area (Å²) in [5.41, 5.74) is 2.61. The third-order valence-electron chi connectivity index (χ3n) is 4.33. The number of nitrogens with one attached hydrogen (secondary N) is 3. The molecule has 0 aliphatic heterocycles. The van der Waals surface area contributed by atoms with Gasteiger partial charge in [0.05, 0.1) is 16.2 Å². The van der Waals surface area contributed by atoms with Crippen molar-refractivity contribution in [3.05, 3.63) is 81.3 Å². The third-order valence-corrected chi connectivity index (χ3v) is 4.83. The normalized spacial score (nSPS) is 10.5. The number of benzene rings is 3. The van der Waals surface area contributed by atoms with Gasteiger partial charge in [0.1, 0.15) is 0 Å². The molecule has 1 aromatic heterocycles. The molecule has 0 aliphatic rings. The maximum absolute atomic E-state index is 12.6. The molecule has 0 radical (unpaired) electrons. The van der Waals surface area contributed by atoms with Crippen molar-refractivity contribution in [2.24, 2.45) is 0 Å². The standard InChI is InChI=1S/C20H14BrN7O3/c21-13-5-2-6-14(11-13)22-20(29)23-17-9-3-8-16(18(17)19-24-26-27-25-19)12-4-1-7-15(10-12)28(30)31/h1-11H,(H2,22,23,29)(H,24,25,26,27). The molecule has 4 aromatic rings. The van der Waals surface area contributed by atoms with E-state index < -0.39 is 11.0 Å². The number of nitro benzene ring substituents is 1. The van der Waals surface area contributed by atoms with Crippen LogP contribution in [0.25, 0.3) is 22.5 Å². The Balaban J connectivity index is 1.73. The van der Waals surface area contributed by atoms with E-state index in [0.29, 0.717) is 28.1 Å². The molecule has 31 heavy (non-hydrogen) atoms. The lowest BCUT2D eigenvalue weighted by Gasteiger charge is -2.14. The predicted molar refractivity (Wildman–Crippen MR) is 118 cm³/mol. The Kier molecular flexibility index (Phi) is 5.67. The highest BCUT2D eigenvalue weighted by Gasteiger charge is 2.19. The van der Waals surface area contributed by atoms with E-state index in [0.717, 1.165) is 4.47 Å². The number of urea groups is 1. The highest BCUT2D eigenvalue weighted by Crippen LogP contribution is 2.37. The molecular weight excluding hydrogens is 466 g/mol. The number of nitro groups is 1. The second-order valence-electron chi connectivity index (χ2n) is 6.36. The van der Waals surface area contributed by atoms with Gasteiger partial charge in [-0.3, -0.25) is 10.1 Å². The number of rotatable bonds is 5. The van der Waals surface area contributed by atoms with E-state index in [4.69, 9.17) is 0 Å². The second kappa shape index (κ2) is 8.71. The van der Waals surface area contributed by atoms with Crippen molar-refractivity contribution in [1.29, 1.82) is 0 Å². The molecule has 0 fully saturated rings. The number of anilines is 2. The zero-order chi connectivity index (χ0) is 21.8. The smallest absolute Gasteiger partial charge is 0.308 e. The average Bonchev–Trinajstić information content (AvgIpc) is 3.28. The number of tetrazole rings is 1. The van der Waals surface area contributed by atoms with Crippen LogP contribution in [0, 0.1) is 10.1 Å². The molecule has 10 nitrogen and oxygen atoms in total. The van der Waals surface area contributed by atoms with Gasteiger partial charge < -0.3 is 10.6 Å². The van der Waals surface area contributed by atoms with Crippen molar-refractivity contribution in [2.75, 3.05) is 10.6 Å². The number of amides is 2. The number of aromatic amines is 1. The Hall–Kier alpha value is -4.12. The van der Waals surface area contributed by atoms with Crippen LogP contribution in [0.2, 0.25) is 0 Å². The summed E-state index contributed by atoms with van der Waals surface area (Å²) in [7, 11) is 0. The van der Waals surface area contributed by atoms with Crippen LogP contribution < -0.4 is 10.6 Å². The number of halogens is 1. The topological polar surface area (TPSA) is 139 Å². The minimum Gasteiger partial charge on any atom is -0.308 e. The number of carbonyl (C=O) groups excluding carboxylic acids is 1. The number of nitrogens with zero attached hydrogens (tertiary/aromatic N) is 4. The summed E-state index contributed by atoms with van der Waals surface area (Å²) in [6.45, 7) is 0. The first-order valence-corrected chi connectivity index (χ1v) is 9.76. The van der Waals surface area contributed by atoms with E-state index in [2.05, 4.69) is 47.2 Å². The highest BCUT2D eigenvalue weighted by molar-refractivity contribution is 9.10. The van der Waals surface area contributed by atoms with Gasteiger partial charge in [-0.05, 0) is 40.6 Å². The van der Waals surface area contributed by atoms with Crippen LogP contribution in [-0.4, -0.2) is 31.6 Å². The molecule has 0 saturated carbocycles. The Morgan fingerprint density at radius 3 is 2.58 bits per heavy atom. The first-order valence-electron chi connectivity index (χ1n) is 8.96. The SMILES string of the molecule is O=C(Nc1cccc(Br)c1)Nc1cccc(-c2cccc([N+](=O)[O-])c2)c1-c1nn[nH]n1. The lowest BCUT2D eigenvalue weighted by molar-refractivity contribution is -0.384. The van der Waals surface area contributed by atoms with Gasteiger partial charge >= 0.3 is 6.03 Å². The highest BCUT2D eigenvalue weighted by atomic mass is 79.9. The summed E-state index contributed by atoms with van der Waals surface area (Å²) in [6.07, 6.45) is 0. The molecular formula is C20H14BrN7O3. The minimum absolute atomic E-state index is 0.0534. The quantitative estimate of drug-likeness (QED) is 0.276. The average molecular weight is 480 g/mol. The summed E-state index contributed by atoms with van der Waals surface area (Å²) in [5, 5.41) is 30.8. The molecule has 3 N–H and O–H groups in total. The maximum atomic E-state index is 12.6. The van der Waals surface area contributed by atoms with Crippen molar-refractivity contribution in [2.45, 2.75) is 0 Å². The fourth-order valence-corrected chi connectivity index (χ4v) is 3.44. The van der Waals surface area contributed by atoms with Gasteiger partial charge in [0.15, 0.2) is 0 Å². The van der Waals surface area contributed by atoms with Gasteiger partial charge in [-0.2, -0.15) is 5.21 Å². The van der Waals surface area contributed by atoms with Crippen LogP contribution in [0.15, 0.2) is 71.2 Å². The van der Waals surface area contributed by atoms with E-state index in [-0.39, 0.29) is 11.5 Å². The summed E-state index contributed by atoms with van der Waals surface area (Å²) in [4.78, 5) is 23.4. The summed E-state index contributed by atoms with van der Waals surface area (Å²) < 4.78 is 0.824. The monoisotopic (exact) mass is 479 g/mol. The molecule has 0 atom stereocenters. The fraction of sp³-hybridized carbons (Fsp3) is 0. The second-order valence-corrected chi connectivity index (χ2v) is 7.28. The molecule has 2 amide bonds. The van der Waals surface area contributed by atoms with Gasteiger partial charge in [-0.25, -0.2) is 4.79 Å². The minimum atomic E-state index is -0.473. The zero-order valence-corrected chi connectivity index (χ0v) is 17.3. The number of hydrogen-bond donors (Lipinski definition) is 3. The van der Waals surface area contributed by atoms with Crippen molar-refractivity contribution in [3.63, 3.8) is 0 Å². The molecule has 0 bridgehead atoms. The number of hydrogen-bond acceptors (Lipinski definition) is 6. The molecule has 0 spiro atoms. The molecule has 0 saturated heterocycles. The van der Waals surface area contributed by atoms with E-state index in [1.54, 1.807) is 48.5 Å². The molecule has 3 aromatic carbocycles. The van der Waals surface area contributed by atoms with Gasteiger partial charge in [0.2, 0.25) is 5.82 Å². The summed E-state index contributed by atoms with van der Waals surface area (Å²) in [6, 6.07) is 18.1. The number of non-ortho nitro benzene ring substituents is 1. The van der Waals surface area contributed by atoms with Crippen LogP contribution in [0.5, 0.6) is 0 Å². The van der Waals surface area contributed by atoms with Gasteiger partial charge in [0, 0.05) is 22.3 Å². The Morgan fingerprint density at radius 1 is 1.03 bits per heavy atom. The van der Waals surface area contributed by atoms with Crippen molar-refractivity contribution in [3.8, 4) is 22.5 Å². The van der Waals surface area contributed by atoms with Gasteiger partial charge in [-0.15, -0.1) is 10.2 Å². The van der Waals surface area contributed by atoms with Crippen molar-refractivity contribution in [1.82, 2.24) is 20.6 Å². The first kappa shape index (κ1) is 20.2. The predicted octanol–water partition coefficient (Wildman–Crippen LogP) is 4.85. The molecule has 11 heteroatoms. The van der Waals surface area contributed by atoms with Crippen LogP contribution in [0.4, 0.5) is 21.9 Å². The molecule has 0 unspecified atom stereocenters. The van der Waals surface area contributed by atoms with Crippen molar-refractivity contribution >= 4 is 39.0 Å². The lowest BCUT2D eigenvalue weighted by atomic mass is 9.97. The largest absolute Gasteiger partial charge is 0.323 e. The van der Waals surface area contributed by atoms with Gasteiger partial charge in [0.25, 0.3) is 5.69 Å². The number of carbonyl (C=O) groups is 1. The van der Waals surface area contributed by atoms with E-state index in [1.165, 1.54) is 12.1 Å². The molecule has 4 rings (SSSR count). The maximum Gasteiger partial charge on any atom is 0.323 e. The number of aromatic nitrogens is 4.